The molecule has 4 rings (SSSR count). The zero-order valence-corrected chi connectivity index (χ0v) is 14.4. The summed E-state index contributed by atoms with van der Waals surface area (Å²) in [4.78, 5) is 23.4. The molecule has 2 aliphatic rings. The van der Waals surface area contributed by atoms with Crippen LogP contribution in [-0.4, -0.2) is 49.8 Å². The Kier molecular flexibility index (Phi) is 4.33. The summed E-state index contributed by atoms with van der Waals surface area (Å²) >= 11 is 0. The number of nitrogens with one attached hydrogen (secondary N) is 1. The largest absolute Gasteiger partial charge is 0.351 e. The molecule has 1 atom stereocenters. The van der Waals surface area contributed by atoms with Gasteiger partial charge in [0.2, 0.25) is 11.9 Å². The first-order valence-electron chi connectivity index (χ1n) is 8.92. The van der Waals surface area contributed by atoms with Gasteiger partial charge >= 0.3 is 0 Å². The van der Waals surface area contributed by atoms with Crippen molar-refractivity contribution in [3.8, 4) is 0 Å². The second-order valence-electron chi connectivity index (χ2n) is 6.83. The van der Waals surface area contributed by atoms with E-state index < -0.39 is 0 Å². The van der Waals surface area contributed by atoms with Gasteiger partial charge in [-0.05, 0) is 32.3 Å². The summed E-state index contributed by atoms with van der Waals surface area (Å²) in [7, 11) is 0. The average molecular weight is 341 g/mol. The molecule has 2 aliphatic heterocycles. The Morgan fingerprint density at radius 2 is 1.92 bits per heavy atom. The van der Waals surface area contributed by atoms with E-state index in [1.54, 1.807) is 12.4 Å². The van der Waals surface area contributed by atoms with Gasteiger partial charge in [0.1, 0.15) is 11.6 Å². The Hall–Kier alpha value is -2.51. The van der Waals surface area contributed by atoms with E-state index in [1.165, 1.54) is 0 Å². The van der Waals surface area contributed by atoms with Crippen molar-refractivity contribution in [2.75, 3.05) is 18.0 Å². The average Bonchev–Trinajstić information content (AvgIpc) is 3.03. The minimum Gasteiger partial charge on any atom is -0.351 e. The molecule has 0 bridgehead atoms. The van der Waals surface area contributed by atoms with E-state index in [0.717, 1.165) is 62.9 Å². The van der Waals surface area contributed by atoms with Crippen LogP contribution >= 0.6 is 0 Å². The maximum atomic E-state index is 12.6. The van der Waals surface area contributed by atoms with E-state index in [9.17, 15) is 4.79 Å². The van der Waals surface area contributed by atoms with Gasteiger partial charge in [-0.2, -0.15) is 0 Å². The number of aryl methyl sites for hydroxylation is 2. The lowest BCUT2D eigenvalue weighted by molar-refractivity contribution is -0.126. The molecule has 8 nitrogen and oxygen atoms in total. The smallest absolute Gasteiger partial charge is 0.225 e. The van der Waals surface area contributed by atoms with Crippen molar-refractivity contribution in [3.63, 3.8) is 0 Å². The number of aromatic nitrogens is 5. The van der Waals surface area contributed by atoms with Crippen LogP contribution in [0.15, 0.2) is 18.5 Å². The Balaban J connectivity index is 1.30. The molecular formula is C17H23N7O. The van der Waals surface area contributed by atoms with E-state index in [0.29, 0.717) is 0 Å². The van der Waals surface area contributed by atoms with Crippen LogP contribution < -0.4 is 10.2 Å². The van der Waals surface area contributed by atoms with Crippen molar-refractivity contribution in [1.82, 2.24) is 30.0 Å². The fourth-order valence-electron chi connectivity index (χ4n) is 3.70. The van der Waals surface area contributed by atoms with E-state index in [1.807, 2.05) is 13.0 Å². The van der Waals surface area contributed by atoms with Gasteiger partial charge in [0.05, 0.1) is 0 Å². The number of hydrogen-bond donors (Lipinski definition) is 1. The molecule has 0 unspecified atom stereocenters. The van der Waals surface area contributed by atoms with Gasteiger partial charge in [0, 0.05) is 50.4 Å². The van der Waals surface area contributed by atoms with Crippen LogP contribution in [-0.2, 0) is 17.8 Å². The van der Waals surface area contributed by atoms with Gasteiger partial charge < -0.3 is 14.8 Å². The third-order valence-electron chi connectivity index (χ3n) is 5.18. The molecule has 1 N–H and O–H groups in total. The Bertz CT molecular complexity index is 737. The molecule has 2 aromatic heterocycles. The van der Waals surface area contributed by atoms with Gasteiger partial charge in [-0.25, -0.2) is 9.97 Å². The monoisotopic (exact) mass is 341 g/mol. The van der Waals surface area contributed by atoms with Crippen molar-refractivity contribution in [3.05, 3.63) is 30.1 Å². The molecule has 0 spiro atoms. The molecule has 132 valence electrons. The van der Waals surface area contributed by atoms with Crippen LogP contribution in [0.4, 0.5) is 5.95 Å². The molecule has 8 heteroatoms. The summed E-state index contributed by atoms with van der Waals surface area (Å²) in [5.74, 6) is 2.95. The number of hydrogen-bond acceptors (Lipinski definition) is 6. The van der Waals surface area contributed by atoms with E-state index in [2.05, 4.69) is 34.9 Å². The van der Waals surface area contributed by atoms with Crippen molar-refractivity contribution in [1.29, 1.82) is 0 Å². The summed E-state index contributed by atoms with van der Waals surface area (Å²) in [5, 5.41) is 11.5. The predicted molar refractivity (Wildman–Crippen MR) is 92.0 cm³/mol. The second-order valence-corrected chi connectivity index (χ2v) is 6.83. The third-order valence-corrected chi connectivity index (χ3v) is 5.18. The van der Waals surface area contributed by atoms with E-state index in [-0.39, 0.29) is 17.9 Å². The summed E-state index contributed by atoms with van der Waals surface area (Å²) in [6.45, 7) is 4.38. The first kappa shape index (κ1) is 16.0. The topological polar surface area (TPSA) is 88.8 Å². The molecule has 2 aromatic rings. The highest BCUT2D eigenvalue weighted by molar-refractivity contribution is 5.79. The molecule has 0 aromatic carbocycles. The maximum Gasteiger partial charge on any atom is 0.225 e. The quantitative estimate of drug-likeness (QED) is 0.885. The summed E-state index contributed by atoms with van der Waals surface area (Å²) < 4.78 is 2.11. The fourth-order valence-corrected chi connectivity index (χ4v) is 3.70. The Morgan fingerprint density at radius 1 is 1.16 bits per heavy atom. The zero-order chi connectivity index (χ0) is 17.2. The summed E-state index contributed by atoms with van der Waals surface area (Å²) in [6, 6.07) is 1.99. The van der Waals surface area contributed by atoms with E-state index >= 15 is 0 Å². The lowest BCUT2D eigenvalue weighted by atomic mass is 9.95. The molecule has 4 heterocycles. The molecule has 25 heavy (non-hydrogen) atoms. The van der Waals surface area contributed by atoms with Crippen LogP contribution in [0.5, 0.6) is 0 Å². The van der Waals surface area contributed by atoms with Gasteiger partial charge in [0.25, 0.3) is 0 Å². The van der Waals surface area contributed by atoms with Gasteiger partial charge in [-0.15, -0.1) is 10.2 Å². The van der Waals surface area contributed by atoms with Crippen LogP contribution in [0.2, 0.25) is 0 Å². The van der Waals surface area contributed by atoms with Crippen molar-refractivity contribution >= 4 is 11.9 Å². The molecule has 0 aliphatic carbocycles. The Labute approximate surface area is 146 Å². The van der Waals surface area contributed by atoms with Crippen molar-refractivity contribution in [2.45, 2.75) is 45.2 Å². The maximum absolute atomic E-state index is 12.6. The number of anilines is 1. The first-order valence-corrected chi connectivity index (χ1v) is 8.92. The van der Waals surface area contributed by atoms with Crippen LogP contribution in [0.25, 0.3) is 0 Å². The minimum atomic E-state index is 0.0726. The minimum absolute atomic E-state index is 0.0726. The third kappa shape index (κ3) is 3.33. The van der Waals surface area contributed by atoms with Crippen molar-refractivity contribution in [2.24, 2.45) is 5.92 Å². The second kappa shape index (κ2) is 6.78. The number of carbonyl (C=O) groups is 1. The molecule has 0 radical (unpaired) electrons. The SMILES string of the molecule is Cc1nnc2n1C[C@H](NC(=O)C1CCN(c3ncccn3)CC1)CC2. The highest BCUT2D eigenvalue weighted by Gasteiger charge is 2.29. The molecule has 1 saturated heterocycles. The van der Waals surface area contributed by atoms with Gasteiger partial charge in [-0.3, -0.25) is 4.79 Å². The lowest BCUT2D eigenvalue weighted by Crippen LogP contribution is -2.46. The van der Waals surface area contributed by atoms with Gasteiger partial charge in [0.15, 0.2) is 0 Å². The van der Waals surface area contributed by atoms with Crippen LogP contribution in [0.1, 0.15) is 30.9 Å². The number of fused-ring (bicyclic) bond motifs is 1. The van der Waals surface area contributed by atoms with E-state index in [4.69, 9.17) is 0 Å². The van der Waals surface area contributed by atoms with Crippen LogP contribution in [0.3, 0.4) is 0 Å². The molecular weight excluding hydrogens is 318 g/mol. The normalized spacial score (nSPS) is 21.0. The Morgan fingerprint density at radius 3 is 2.68 bits per heavy atom. The fraction of sp³-hybridized carbons (Fsp3) is 0.588. The number of nitrogens with zero attached hydrogens (tertiary/aromatic N) is 6. The number of amides is 1. The van der Waals surface area contributed by atoms with Crippen molar-refractivity contribution < 1.29 is 4.79 Å². The summed E-state index contributed by atoms with van der Waals surface area (Å²) in [6.07, 6.45) is 6.99. The number of carbonyl (C=O) groups excluding carboxylic acids is 1. The highest BCUT2D eigenvalue weighted by Crippen LogP contribution is 2.21. The molecule has 1 fully saturated rings. The van der Waals surface area contributed by atoms with Gasteiger partial charge in [-0.1, -0.05) is 0 Å². The molecule has 0 saturated carbocycles. The summed E-state index contributed by atoms with van der Waals surface area (Å²) in [5.41, 5.74) is 0. The predicted octanol–water partition coefficient (Wildman–Crippen LogP) is 0.724. The zero-order valence-electron chi connectivity index (χ0n) is 14.4. The lowest BCUT2D eigenvalue weighted by Gasteiger charge is -2.32. The number of piperidine rings is 1. The number of rotatable bonds is 3. The highest BCUT2D eigenvalue weighted by atomic mass is 16.2. The first-order chi connectivity index (χ1) is 12.2. The van der Waals surface area contributed by atoms with Crippen LogP contribution in [0, 0.1) is 12.8 Å². The standard InChI is InChI=1S/C17H23N7O/c1-12-21-22-15-4-3-14(11-24(12)15)20-16(25)13-5-9-23(10-6-13)17-18-7-2-8-19-17/h2,7-8,13-14H,3-6,9-11H2,1H3,(H,20,25)/t14-/m1/s1. The molecule has 1 amide bonds.